The zero-order valence-electron chi connectivity index (χ0n) is 16.4. The minimum atomic E-state index is -0.441. The topological polar surface area (TPSA) is 64.0 Å². The summed E-state index contributed by atoms with van der Waals surface area (Å²) in [6.07, 6.45) is 4.35. The summed E-state index contributed by atoms with van der Waals surface area (Å²) in [6.45, 7) is 2.78. The maximum absolute atomic E-state index is 13.8. The normalized spacial score (nSPS) is 11.0. The highest BCUT2D eigenvalue weighted by atomic mass is 32.2. The maximum atomic E-state index is 13.8. The van der Waals surface area contributed by atoms with Gasteiger partial charge < -0.3 is 5.32 Å². The van der Waals surface area contributed by atoms with Crippen LogP contribution in [0.25, 0.3) is 16.6 Å². The van der Waals surface area contributed by atoms with Gasteiger partial charge in [0, 0.05) is 6.54 Å². The number of carbonyl (C=O) groups is 1. The molecule has 1 aromatic heterocycles. The predicted octanol–water partition coefficient (Wildman–Crippen LogP) is 4.31. The van der Waals surface area contributed by atoms with E-state index < -0.39 is 5.82 Å². The van der Waals surface area contributed by atoms with Gasteiger partial charge >= 0.3 is 0 Å². The summed E-state index contributed by atoms with van der Waals surface area (Å²) in [5.74, 6) is -0.420. The predicted molar refractivity (Wildman–Crippen MR) is 115 cm³/mol. The van der Waals surface area contributed by atoms with Crippen LogP contribution in [0.4, 0.5) is 4.39 Å². The van der Waals surface area contributed by atoms with Gasteiger partial charge in [-0.15, -0.1) is 0 Å². The van der Waals surface area contributed by atoms with E-state index in [2.05, 4.69) is 17.2 Å². The molecule has 29 heavy (non-hydrogen) atoms. The number of fused-ring (bicyclic) bond motifs is 1. The van der Waals surface area contributed by atoms with Gasteiger partial charge in [-0.05, 0) is 36.8 Å². The van der Waals surface area contributed by atoms with E-state index in [1.807, 2.05) is 0 Å². The Balaban J connectivity index is 1.84. The molecule has 0 unspecified atom stereocenters. The molecule has 0 aliphatic heterocycles. The van der Waals surface area contributed by atoms with Gasteiger partial charge in [0.25, 0.3) is 5.56 Å². The summed E-state index contributed by atoms with van der Waals surface area (Å²) >= 11 is 1.17. The smallest absolute Gasteiger partial charge is 0.266 e. The number of thioether (sulfide) groups is 1. The van der Waals surface area contributed by atoms with Crippen molar-refractivity contribution >= 4 is 28.6 Å². The third kappa shape index (κ3) is 5.44. The van der Waals surface area contributed by atoms with Gasteiger partial charge in [-0.2, -0.15) is 0 Å². The number of carbonyl (C=O) groups excluding carboxylic acids is 1. The van der Waals surface area contributed by atoms with E-state index in [0.29, 0.717) is 28.3 Å². The third-order valence-electron chi connectivity index (χ3n) is 4.50. The molecule has 0 saturated heterocycles. The minimum absolute atomic E-state index is 0.111. The quantitative estimate of drug-likeness (QED) is 0.322. The summed E-state index contributed by atoms with van der Waals surface area (Å²) in [5, 5.41) is 3.70. The molecule has 1 N–H and O–H groups in total. The number of amides is 1. The van der Waals surface area contributed by atoms with Crippen molar-refractivity contribution in [3.05, 3.63) is 64.7 Å². The molecule has 0 bridgehead atoms. The highest BCUT2D eigenvalue weighted by Crippen LogP contribution is 2.21. The summed E-state index contributed by atoms with van der Waals surface area (Å²) in [6, 6.07) is 12.8. The molecule has 152 valence electrons. The van der Waals surface area contributed by atoms with E-state index in [0.717, 1.165) is 25.7 Å². The number of hydrogen-bond donors (Lipinski definition) is 1. The van der Waals surface area contributed by atoms with Crippen LogP contribution < -0.4 is 10.9 Å². The lowest BCUT2D eigenvalue weighted by Crippen LogP contribution is -2.27. The average molecular weight is 414 g/mol. The number of benzene rings is 2. The zero-order valence-corrected chi connectivity index (χ0v) is 17.2. The van der Waals surface area contributed by atoms with Crippen molar-refractivity contribution < 1.29 is 9.18 Å². The second kappa shape index (κ2) is 10.2. The molecule has 0 aliphatic rings. The standard InChI is InChI=1S/C22H24FN3O2S/c1-2-3-4-7-13-24-20(27)15-29-22-25-19-12-6-5-11-18(19)21(28)26(22)17-10-8-9-16(23)14-17/h5-6,8-12,14H,2-4,7,13,15H2,1H3,(H,24,27). The largest absolute Gasteiger partial charge is 0.355 e. The monoisotopic (exact) mass is 413 g/mol. The van der Waals surface area contributed by atoms with Gasteiger partial charge in [0.1, 0.15) is 5.82 Å². The first-order valence-electron chi connectivity index (χ1n) is 9.77. The van der Waals surface area contributed by atoms with Gasteiger partial charge in [0.05, 0.1) is 22.3 Å². The number of nitrogens with zero attached hydrogens (tertiary/aromatic N) is 2. The molecule has 2 aromatic carbocycles. The van der Waals surface area contributed by atoms with E-state index >= 15 is 0 Å². The average Bonchev–Trinajstić information content (AvgIpc) is 2.72. The number of nitrogens with one attached hydrogen (secondary N) is 1. The van der Waals surface area contributed by atoms with Gasteiger partial charge in [-0.25, -0.2) is 9.37 Å². The van der Waals surface area contributed by atoms with E-state index in [1.54, 1.807) is 36.4 Å². The molecular formula is C22H24FN3O2S. The Morgan fingerprint density at radius 3 is 2.76 bits per heavy atom. The molecule has 0 spiro atoms. The van der Waals surface area contributed by atoms with Crippen LogP contribution in [0.2, 0.25) is 0 Å². The van der Waals surface area contributed by atoms with Gasteiger partial charge in [-0.3, -0.25) is 14.2 Å². The molecule has 7 heteroatoms. The Bertz CT molecular complexity index is 1050. The molecule has 1 heterocycles. The van der Waals surface area contributed by atoms with E-state index in [1.165, 1.54) is 28.5 Å². The Hall–Kier alpha value is -2.67. The number of para-hydroxylation sites is 1. The van der Waals surface area contributed by atoms with Crippen LogP contribution in [0.3, 0.4) is 0 Å². The number of halogens is 1. The highest BCUT2D eigenvalue weighted by Gasteiger charge is 2.15. The minimum Gasteiger partial charge on any atom is -0.355 e. The lowest BCUT2D eigenvalue weighted by Gasteiger charge is -2.13. The van der Waals surface area contributed by atoms with Crippen molar-refractivity contribution in [2.75, 3.05) is 12.3 Å². The summed E-state index contributed by atoms with van der Waals surface area (Å²) in [4.78, 5) is 29.8. The summed E-state index contributed by atoms with van der Waals surface area (Å²) in [5.41, 5.74) is 0.645. The SMILES string of the molecule is CCCCCCNC(=O)CSc1nc2ccccc2c(=O)n1-c1cccc(F)c1. The van der Waals surface area contributed by atoms with Crippen LogP contribution in [-0.2, 0) is 4.79 Å². The first kappa shape index (κ1) is 21.0. The number of rotatable bonds is 9. The molecular weight excluding hydrogens is 389 g/mol. The van der Waals surface area contributed by atoms with Crippen molar-refractivity contribution in [3.63, 3.8) is 0 Å². The Labute approximate surface area is 173 Å². The van der Waals surface area contributed by atoms with Crippen LogP contribution in [0.5, 0.6) is 0 Å². The second-order valence-corrected chi connectivity index (χ2v) is 7.67. The van der Waals surface area contributed by atoms with Gasteiger partial charge in [-0.1, -0.05) is 56.1 Å². The lowest BCUT2D eigenvalue weighted by atomic mass is 10.2. The van der Waals surface area contributed by atoms with Crippen LogP contribution in [0.15, 0.2) is 58.5 Å². The molecule has 0 fully saturated rings. The fourth-order valence-electron chi connectivity index (χ4n) is 3.01. The first-order chi connectivity index (χ1) is 14.1. The molecule has 0 atom stereocenters. The van der Waals surface area contributed by atoms with Crippen LogP contribution in [0.1, 0.15) is 32.6 Å². The van der Waals surface area contributed by atoms with E-state index in [9.17, 15) is 14.0 Å². The first-order valence-corrected chi connectivity index (χ1v) is 10.8. The number of unbranched alkanes of at least 4 members (excludes halogenated alkanes) is 3. The second-order valence-electron chi connectivity index (χ2n) is 6.73. The van der Waals surface area contributed by atoms with Crippen molar-refractivity contribution in [1.29, 1.82) is 0 Å². The molecule has 1 amide bonds. The van der Waals surface area contributed by atoms with E-state index in [4.69, 9.17) is 0 Å². The Morgan fingerprint density at radius 2 is 1.97 bits per heavy atom. The van der Waals surface area contributed by atoms with Crippen molar-refractivity contribution in [3.8, 4) is 5.69 Å². The van der Waals surface area contributed by atoms with Crippen LogP contribution >= 0.6 is 11.8 Å². The van der Waals surface area contributed by atoms with Crippen molar-refractivity contribution in [2.24, 2.45) is 0 Å². The zero-order chi connectivity index (χ0) is 20.6. The Kier molecular flexibility index (Phi) is 7.41. The molecule has 0 aliphatic carbocycles. The molecule has 5 nitrogen and oxygen atoms in total. The number of hydrogen-bond acceptors (Lipinski definition) is 4. The third-order valence-corrected chi connectivity index (χ3v) is 5.43. The molecule has 0 radical (unpaired) electrons. The maximum Gasteiger partial charge on any atom is 0.266 e. The fourth-order valence-corrected chi connectivity index (χ4v) is 3.86. The van der Waals surface area contributed by atoms with Crippen LogP contribution in [0, 0.1) is 5.82 Å². The summed E-state index contributed by atoms with van der Waals surface area (Å²) < 4.78 is 15.1. The lowest BCUT2D eigenvalue weighted by molar-refractivity contribution is -0.118. The van der Waals surface area contributed by atoms with Crippen LogP contribution in [-0.4, -0.2) is 27.8 Å². The van der Waals surface area contributed by atoms with E-state index in [-0.39, 0.29) is 17.2 Å². The molecule has 3 rings (SSSR count). The summed E-state index contributed by atoms with van der Waals surface area (Å²) in [7, 11) is 0. The Morgan fingerprint density at radius 1 is 1.14 bits per heavy atom. The molecule has 0 saturated carbocycles. The highest BCUT2D eigenvalue weighted by molar-refractivity contribution is 7.99. The van der Waals surface area contributed by atoms with Crippen molar-refractivity contribution in [1.82, 2.24) is 14.9 Å². The van der Waals surface area contributed by atoms with Crippen molar-refractivity contribution in [2.45, 2.75) is 37.8 Å². The van der Waals surface area contributed by atoms with Gasteiger partial charge in [0.15, 0.2) is 5.16 Å². The fraction of sp³-hybridized carbons (Fsp3) is 0.318. The molecule has 3 aromatic rings. The number of aromatic nitrogens is 2. The van der Waals surface area contributed by atoms with Gasteiger partial charge in [0.2, 0.25) is 5.91 Å².